The second kappa shape index (κ2) is 28.1. The van der Waals surface area contributed by atoms with Crippen molar-refractivity contribution >= 4 is 0 Å². The predicted octanol–water partition coefficient (Wildman–Crippen LogP) is 12.1. The highest BCUT2D eigenvalue weighted by molar-refractivity contribution is 5.30. The lowest BCUT2D eigenvalue weighted by atomic mass is 10.1. The number of hydrogen-bond donors (Lipinski definition) is 0. The Kier molecular flexibility index (Phi) is 24.2. The first-order valence-electron chi connectivity index (χ1n) is 18.9. The van der Waals surface area contributed by atoms with Crippen molar-refractivity contribution in [1.29, 1.82) is 0 Å². The highest BCUT2D eigenvalue weighted by Crippen LogP contribution is 2.13. The van der Waals surface area contributed by atoms with E-state index >= 15 is 0 Å². The molecule has 0 fully saturated rings. The molecule has 0 unspecified atom stereocenters. The van der Waals surface area contributed by atoms with Gasteiger partial charge in [0.2, 0.25) is 6.33 Å². The molecule has 0 saturated carbocycles. The molecule has 2 aromatic heterocycles. The molecule has 0 bridgehead atoms. The predicted molar refractivity (Wildman–Crippen MR) is 190 cm³/mol. The van der Waals surface area contributed by atoms with Gasteiger partial charge in [0.15, 0.2) is 0 Å². The maximum atomic E-state index is 4.06. The topological polar surface area (TPSA) is 26.6 Å². The van der Waals surface area contributed by atoms with Crippen molar-refractivity contribution in [2.75, 3.05) is 0 Å². The van der Waals surface area contributed by atoms with Crippen molar-refractivity contribution in [2.24, 2.45) is 0 Å². The summed E-state index contributed by atoms with van der Waals surface area (Å²) >= 11 is 0. The van der Waals surface area contributed by atoms with E-state index in [1.165, 1.54) is 160 Å². The van der Waals surface area contributed by atoms with Gasteiger partial charge in [0.1, 0.15) is 18.1 Å². The fourth-order valence-corrected chi connectivity index (χ4v) is 5.97. The van der Waals surface area contributed by atoms with Crippen molar-refractivity contribution in [3.8, 4) is 5.69 Å². The van der Waals surface area contributed by atoms with Crippen molar-refractivity contribution < 1.29 is 4.57 Å². The number of aromatic nitrogens is 4. The van der Waals surface area contributed by atoms with Crippen LogP contribution in [0.3, 0.4) is 0 Å². The van der Waals surface area contributed by atoms with Crippen LogP contribution in [-0.2, 0) is 13.1 Å². The lowest BCUT2D eigenvalue weighted by molar-refractivity contribution is -0.696. The first-order valence-corrected chi connectivity index (χ1v) is 18.9. The Morgan fingerprint density at radius 1 is 0.545 bits per heavy atom. The van der Waals surface area contributed by atoms with E-state index in [9.17, 15) is 0 Å². The van der Waals surface area contributed by atoms with Crippen LogP contribution in [0.25, 0.3) is 5.69 Å². The van der Waals surface area contributed by atoms with E-state index in [0.717, 1.165) is 13.1 Å². The summed E-state index contributed by atoms with van der Waals surface area (Å²) in [5.41, 5.74) is 1.23. The van der Waals surface area contributed by atoms with E-state index in [1.54, 1.807) is 0 Å². The van der Waals surface area contributed by atoms with Crippen LogP contribution in [0, 0.1) is 0 Å². The lowest BCUT2D eigenvalue weighted by Crippen LogP contribution is -2.30. The Balaban J connectivity index is 0.000000319. The van der Waals surface area contributed by atoms with Crippen LogP contribution in [-0.4, -0.2) is 14.1 Å². The molecule has 44 heavy (non-hydrogen) atoms. The molecule has 0 aliphatic carbocycles. The van der Waals surface area contributed by atoms with Crippen LogP contribution in [0.1, 0.15) is 168 Å². The Bertz CT molecular complexity index is 962. The number of benzene rings is 1. The monoisotopic (exact) mass is 606 g/mol. The fourth-order valence-electron chi connectivity index (χ4n) is 5.97. The molecule has 0 saturated heterocycles. The SMILES string of the molecule is CCCCCCCCCCCCCC[n+]1ccn(-c2ccccc2)c1.CCCCCCCCCCCCCCn1ccnc1. The quantitative estimate of drug-likeness (QED) is 0.0627. The summed E-state index contributed by atoms with van der Waals surface area (Å²) in [6.07, 6.45) is 46.3. The van der Waals surface area contributed by atoms with Gasteiger partial charge in [-0.3, -0.25) is 0 Å². The number of imidazole rings is 2. The van der Waals surface area contributed by atoms with E-state index < -0.39 is 0 Å². The van der Waals surface area contributed by atoms with Crippen LogP contribution in [0.4, 0.5) is 0 Å². The van der Waals surface area contributed by atoms with Crippen molar-refractivity contribution in [3.63, 3.8) is 0 Å². The fraction of sp³-hybridized carbons (Fsp3) is 0.700. The largest absolute Gasteiger partial charge is 0.337 e. The number of para-hydroxylation sites is 1. The second-order valence-electron chi connectivity index (χ2n) is 13.0. The highest BCUT2D eigenvalue weighted by atomic mass is 15.1. The second-order valence-corrected chi connectivity index (χ2v) is 13.0. The number of unbranched alkanes of at least 4 members (excludes halogenated alkanes) is 22. The molecule has 3 aromatic rings. The van der Waals surface area contributed by atoms with Gasteiger partial charge in [0.25, 0.3) is 0 Å². The van der Waals surface area contributed by atoms with Gasteiger partial charge in [-0.15, -0.1) is 0 Å². The minimum atomic E-state index is 1.14. The summed E-state index contributed by atoms with van der Waals surface area (Å²) in [6.45, 7) is 6.85. The van der Waals surface area contributed by atoms with Gasteiger partial charge in [0.05, 0.1) is 12.9 Å². The van der Waals surface area contributed by atoms with Gasteiger partial charge in [-0.2, -0.15) is 0 Å². The summed E-state index contributed by atoms with van der Waals surface area (Å²) in [4.78, 5) is 4.06. The average Bonchev–Trinajstić information content (AvgIpc) is 3.76. The number of nitrogens with zero attached hydrogens (tertiary/aromatic N) is 4. The summed E-state index contributed by atoms with van der Waals surface area (Å²) in [6, 6.07) is 10.5. The van der Waals surface area contributed by atoms with E-state index in [4.69, 9.17) is 0 Å². The molecule has 248 valence electrons. The van der Waals surface area contributed by atoms with Gasteiger partial charge in [0, 0.05) is 18.9 Å². The van der Waals surface area contributed by atoms with Crippen LogP contribution in [0.2, 0.25) is 0 Å². The van der Waals surface area contributed by atoms with E-state index in [1.807, 2.05) is 12.5 Å². The zero-order chi connectivity index (χ0) is 31.2. The van der Waals surface area contributed by atoms with E-state index in [2.05, 4.69) is 87.8 Å². The molecule has 0 atom stereocenters. The molecular formula is C40H69N4+. The van der Waals surface area contributed by atoms with Crippen LogP contribution >= 0.6 is 0 Å². The maximum absolute atomic E-state index is 4.06. The number of hydrogen-bond acceptors (Lipinski definition) is 1. The van der Waals surface area contributed by atoms with Gasteiger partial charge >= 0.3 is 0 Å². The van der Waals surface area contributed by atoms with Crippen molar-refractivity contribution in [2.45, 2.75) is 181 Å². The summed E-state index contributed by atoms with van der Waals surface area (Å²) in [5, 5.41) is 0. The molecule has 0 radical (unpaired) electrons. The van der Waals surface area contributed by atoms with E-state index in [0.29, 0.717) is 0 Å². The zero-order valence-corrected chi connectivity index (χ0v) is 29.0. The molecular weight excluding hydrogens is 536 g/mol. The Hall–Kier alpha value is -2.36. The van der Waals surface area contributed by atoms with Gasteiger partial charge in [-0.25, -0.2) is 14.1 Å². The molecule has 2 heterocycles. The molecule has 4 nitrogen and oxygen atoms in total. The van der Waals surface area contributed by atoms with Crippen molar-refractivity contribution in [3.05, 3.63) is 67.8 Å². The molecule has 0 aliphatic rings. The van der Waals surface area contributed by atoms with E-state index in [-0.39, 0.29) is 0 Å². The summed E-state index contributed by atoms with van der Waals surface area (Å²) < 4.78 is 6.68. The van der Waals surface area contributed by atoms with Gasteiger partial charge in [-0.05, 0) is 31.4 Å². The maximum Gasteiger partial charge on any atom is 0.248 e. The normalized spacial score (nSPS) is 11.0. The Labute approximate surface area is 272 Å². The minimum Gasteiger partial charge on any atom is -0.337 e. The van der Waals surface area contributed by atoms with Crippen LogP contribution in [0.15, 0.2) is 67.8 Å². The van der Waals surface area contributed by atoms with Crippen LogP contribution in [0.5, 0.6) is 0 Å². The molecule has 3 rings (SSSR count). The minimum absolute atomic E-state index is 1.14. The first-order chi connectivity index (χ1) is 21.8. The third-order valence-corrected chi connectivity index (χ3v) is 8.84. The lowest BCUT2D eigenvalue weighted by Gasteiger charge is -2.03. The molecule has 0 aliphatic heterocycles. The van der Waals surface area contributed by atoms with Gasteiger partial charge < -0.3 is 4.57 Å². The standard InChI is InChI=1S/C23H37N2.C17H32N2/c1-2-3-4-5-6-7-8-9-10-11-12-16-19-24-20-21-25(22-24)23-17-14-13-15-18-23;1-2-3-4-5-6-7-8-9-10-11-12-13-15-19-16-14-18-17-19/h13-15,17-18,20-22H,2-12,16,19H2,1H3;14,16-17H,2-13,15H2,1H3/q+1;. The smallest absolute Gasteiger partial charge is 0.248 e. The molecule has 0 N–H and O–H groups in total. The molecule has 1 aromatic carbocycles. The number of rotatable bonds is 27. The molecule has 0 spiro atoms. The third-order valence-electron chi connectivity index (χ3n) is 8.84. The Morgan fingerprint density at radius 2 is 1.02 bits per heavy atom. The van der Waals surface area contributed by atoms with Gasteiger partial charge in [-0.1, -0.05) is 167 Å². The highest BCUT2D eigenvalue weighted by Gasteiger charge is 2.05. The Morgan fingerprint density at radius 3 is 1.50 bits per heavy atom. The zero-order valence-electron chi connectivity index (χ0n) is 29.0. The van der Waals surface area contributed by atoms with Crippen LogP contribution < -0.4 is 4.57 Å². The summed E-state index contributed by atoms with van der Waals surface area (Å²) in [5.74, 6) is 0. The van der Waals surface area contributed by atoms with Crippen molar-refractivity contribution in [1.82, 2.24) is 14.1 Å². The third kappa shape index (κ3) is 20.6. The average molecular weight is 606 g/mol. The molecule has 4 heteroatoms. The molecule has 0 amide bonds. The summed E-state index contributed by atoms with van der Waals surface area (Å²) in [7, 11) is 0. The number of aryl methyl sites for hydroxylation is 2. The first kappa shape index (κ1) is 37.8.